The minimum atomic E-state index is -0.715. The number of rotatable bonds is 6. The lowest BCUT2D eigenvalue weighted by Gasteiger charge is -2.36. The molecular formula is C23H35N5O2S. The van der Waals surface area contributed by atoms with Crippen LogP contribution >= 0.6 is 12.2 Å². The zero-order valence-electron chi connectivity index (χ0n) is 18.3. The van der Waals surface area contributed by atoms with Gasteiger partial charge in [0.05, 0.1) is 10.8 Å². The van der Waals surface area contributed by atoms with Crippen molar-refractivity contribution in [2.45, 2.75) is 31.7 Å². The van der Waals surface area contributed by atoms with E-state index in [0.29, 0.717) is 6.42 Å². The molecule has 7 nitrogen and oxygen atoms in total. The summed E-state index contributed by atoms with van der Waals surface area (Å²) in [5.41, 5.74) is 1.90. The normalized spacial score (nSPS) is 24.6. The first-order valence-electron chi connectivity index (χ1n) is 11.4. The van der Waals surface area contributed by atoms with Gasteiger partial charge in [-0.05, 0) is 75.2 Å². The number of carbonyl (C=O) groups is 1. The Bertz CT molecular complexity index is 738. The Hall–Kier alpha value is -1.67. The van der Waals surface area contributed by atoms with E-state index in [1.165, 1.54) is 0 Å². The molecule has 0 spiro atoms. The summed E-state index contributed by atoms with van der Waals surface area (Å²) in [7, 11) is 0. The zero-order chi connectivity index (χ0) is 21.9. The molecule has 1 aromatic rings. The third kappa shape index (κ3) is 8.07. The number of fused-ring (bicyclic) bond motifs is 3. The molecule has 3 unspecified atom stereocenters. The average Bonchev–Trinajstić information content (AvgIpc) is 2.77. The van der Waals surface area contributed by atoms with Crippen LogP contribution in [0.3, 0.4) is 0 Å². The lowest BCUT2D eigenvalue weighted by Crippen LogP contribution is -2.50. The lowest BCUT2D eigenvalue weighted by molar-refractivity contribution is -0.143. The van der Waals surface area contributed by atoms with Crippen molar-refractivity contribution in [3.05, 3.63) is 29.8 Å². The first kappa shape index (κ1) is 24.0. The molecule has 0 aromatic heterocycles. The van der Waals surface area contributed by atoms with E-state index in [1.807, 2.05) is 24.3 Å². The van der Waals surface area contributed by atoms with Crippen molar-refractivity contribution >= 4 is 29.0 Å². The highest BCUT2D eigenvalue weighted by Gasteiger charge is 2.26. The Morgan fingerprint density at radius 2 is 1.71 bits per heavy atom. The number of isothiocyanates is 1. The standard InChI is InChI=1S/C23H35N5O2S/c29-23(30)22(8-5-20-3-6-21(7-4-20)25-19-31)28-13-2-12-26-14-10-24-9-1-11-27(16-15-26)17-18-28/h3-4,6-7,22,24H,1-2,5,8-18H2,(H,29,30). The summed E-state index contributed by atoms with van der Waals surface area (Å²) < 4.78 is 0. The number of aliphatic carboxylic acids is 1. The van der Waals surface area contributed by atoms with E-state index >= 15 is 0 Å². The van der Waals surface area contributed by atoms with E-state index in [2.05, 4.69) is 42.4 Å². The van der Waals surface area contributed by atoms with Crippen molar-refractivity contribution in [1.82, 2.24) is 20.0 Å². The van der Waals surface area contributed by atoms with E-state index in [1.54, 1.807) is 0 Å². The van der Waals surface area contributed by atoms with E-state index < -0.39 is 12.0 Å². The van der Waals surface area contributed by atoms with Crippen LogP contribution in [0.15, 0.2) is 29.3 Å². The van der Waals surface area contributed by atoms with Crippen LogP contribution in [-0.4, -0.2) is 102 Å². The Balaban J connectivity index is 1.64. The molecule has 0 radical (unpaired) electrons. The molecule has 8 heteroatoms. The topological polar surface area (TPSA) is 71.4 Å². The summed E-state index contributed by atoms with van der Waals surface area (Å²) in [6, 6.07) is 7.35. The first-order chi connectivity index (χ1) is 15.2. The Morgan fingerprint density at radius 1 is 1.00 bits per heavy atom. The molecule has 0 amide bonds. The lowest BCUT2D eigenvalue weighted by atomic mass is 10.0. The van der Waals surface area contributed by atoms with Crippen molar-refractivity contribution in [2.75, 3.05) is 65.4 Å². The van der Waals surface area contributed by atoms with Crippen molar-refractivity contribution < 1.29 is 9.90 Å². The number of aryl methyl sites for hydroxylation is 1. The van der Waals surface area contributed by atoms with Gasteiger partial charge >= 0.3 is 5.97 Å². The van der Waals surface area contributed by atoms with Gasteiger partial charge in [0.1, 0.15) is 6.04 Å². The summed E-state index contributed by atoms with van der Waals surface area (Å²) in [6.07, 6.45) is 3.50. The van der Waals surface area contributed by atoms with Gasteiger partial charge in [0.25, 0.3) is 0 Å². The monoisotopic (exact) mass is 445 g/mol. The van der Waals surface area contributed by atoms with Gasteiger partial charge in [0, 0.05) is 45.8 Å². The molecule has 0 aliphatic carbocycles. The summed E-state index contributed by atoms with van der Waals surface area (Å²) in [4.78, 5) is 23.4. The van der Waals surface area contributed by atoms with Gasteiger partial charge in [0.15, 0.2) is 0 Å². The minimum absolute atomic E-state index is 0.456. The maximum Gasteiger partial charge on any atom is 0.320 e. The van der Waals surface area contributed by atoms with Gasteiger partial charge in [-0.15, -0.1) is 0 Å². The average molecular weight is 446 g/mol. The van der Waals surface area contributed by atoms with Crippen LogP contribution in [0.25, 0.3) is 0 Å². The summed E-state index contributed by atoms with van der Waals surface area (Å²) in [6.45, 7) is 10.0. The van der Waals surface area contributed by atoms with Gasteiger partial charge in [0.2, 0.25) is 0 Å². The second kappa shape index (κ2) is 13.0. The maximum atomic E-state index is 12.2. The number of carboxylic acids is 1. The predicted octanol–water partition coefficient (Wildman–Crippen LogP) is 2.11. The number of benzene rings is 1. The molecule has 2 saturated heterocycles. The smallest absolute Gasteiger partial charge is 0.320 e. The summed E-state index contributed by atoms with van der Waals surface area (Å²) in [5.74, 6) is -0.715. The van der Waals surface area contributed by atoms with Crippen molar-refractivity contribution in [3.8, 4) is 0 Å². The molecule has 2 heterocycles. The van der Waals surface area contributed by atoms with Crippen LogP contribution in [-0.2, 0) is 11.2 Å². The maximum absolute atomic E-state index is 12.2. The Morgan fingerprint density at radius 3 is 2.45 bits per heavy atom. The molecule has 0 saturated carbocycles. The zero-order valence-corrected chi connectivity index (χ0v) is 19.2. The van der Waals surface area contributed by atoms with Crippen molar-refractivity contribution in [2.24, 2.45) is 4.99 Å². The number of nitrogens with zero attached hydrogens (tertiary/aromatic N) is 4. The molecular weight excluding hydrogens is 410 g/mol. The van der Waals surface area contributed by atoms with Crippen LogP contribution < -0.4 is 5.32 Å². The molecule has 3 atom stereocenters. The molecule has 170 valence electrons. The van der Waals surface area contributed by atoms with Crippen LogP contribution in [0.5, 0.6) is 0 Å². The van der Waals surface area contributed by atoms with Crippen LogP contribution in [0.4, 0.5) is 5.69 Å². The van der Waals surface area contributed by atoms with Crippen LogP contribution in [0.2, 0.25) is 0 Å². The van der Waals surface area contributed by atoms with E-state index in [0.717, 1.165) is 96.0 Å². The van der Waals surface area contributed by atoms with Gasteiger partial charge in [-0.25, -0.2) is 0 Å². The molecule has 2 fully saturated rings. The fourth-order valence-electron chi connectivity index (χ4n) is 4.49. The molecule has 2 bridgehead atoms. The van der Waals surface area contributed by atoms with Gasteiger partial charge in [-0.3, -0.25) is 9.69 Å². The number of aliphatic imine (C=N–C) groups is 1. The molecule has 1 aromatic carbocycles. The Kier molecular flexibility index (Phi) is 10.1. The third-order valence-electron chi connectivity index (χ3n) is 6.33. The second-order valence-corrected chi connectivity index (χ2v) is 8.62. The highest BCUT2D eigenvalue weighted by Crippen LogP contribution is 2.16. The first-order valence-corrected chi connectivity index (χ1v) is 11.9. The third-order valence-corrected chi connectivity index (χ3v) is 6.42. The van der Waals surface area contributed by atoms with Crippen molar-refractivity contribution in [3.63, 3.8) is 0 Å². The van der Waals surface area contributed by atoms with Gasteiger partial charge in [-0.2, -0.15) is 4.99 Å². The SMILES string of the molecule is O=C(O)C(CCc1ccc(N=C=S)cc1)N1CCCN2CCNCCCN(CC2)CC1. The number of thiocarbonyl (C=S) groups is 1. The number of nitrogens with one attached hydrogen (secondary N) is 1. The number of carboxylic acid groups (broad SMARTS) is 1. The molecule has 2 aliphatic rings. The highest BCUT2D eigenvalue weighted by atomic mass is 32.1. The van der Waals surface area contributed by atoms with Gasteiger partial charge in [-0.1, -0.05) is 12.1 Å². The number of hydrogen-bond donors (Lipinski definition) is 2. The highest BCUT2D eigenvalue weighted by molar-refractivity contribution is 7.78. The van der Waals surface area contributed by atoms with Crippen LogP contribution in [0, 0.1) is 0 Å². The second-order valence-electron chi connectivity index (χ2n) is 8.44. The molecule has 2 N–H and O–H groups in total. The van der Waals surface area contributed by atoms with E-state index in [-0.39, 0.29) is 0 Å². The molecule has 2 aliphatic heterocycles. The van der Waals surface area contributed by atoms with Gasteiger partial charge < -0.3 is 20.2 Å². The quantitative estimate of drug-likeness (QED) is 0.513. The van der Waals surface area contributed by atoms with E-state index in [4.69, 9.17) is 0 Å². The predicted molar refractivity (Wildman–Crippen MR) is 127 cm³/mol. The molecule has 3 rings (SSSR count). The van der Waals surface area contributed by atoms with E-state index in [9.17, 15) is 9.90 Å². The van der Waals surface area contributed by atoms with Crippen LogP contribution in [0.1, 0.15) is 24.8 Å². The fraction of sp³-hybridized carbons (Fsp3) is 0.652. The molecule has 31 heavy (non-hydrogen) atoms. The number of hydrogen-bond acceptors (Lipinski definition) is 7. The summed E-state index contributed by atoms with van der Waals surface area (Å²) >= 11 is 4.64. The minimum Gasteiger partial charge on any atom is -0.480 e. The fourth-order valence-corrected chi connectivity index (χ4v) is 4.60. The largest absolute Gasteiger partial charge is 0.480 e. The summed E-state index contributed by atoms with van der Waals surface area (Å²) in [5, 5.41) is 15.9. The Labute approximate surface area is 191 Å². The van der Waals surface area contributed by atoms with Crippen molar-refractivity contribution in [1.29, 1.82) is 0 Å².